The molecule has 1 amide bonds. The molecule has 5 heteroatoms. The second-order valence-corrected chi connectivity index (χ2v) is 6.39. The van der Waals surface area contributed by atoms with Crippen LogP contribution in [-0.2, 0) is 6.54 Å². The molecule has 0 saturated carbocycles. The van der Waals surface area contributed by atoms with Crippen LogP contribution in [0.1, 0.15) is 15.9 Å². The number of nitrogens with one attached hydrogen (secondary N) is 1. The number of amides is 1. The van der Waals surface area contributed by atoms with Crippen molar-refractivity contribution >= 4 is 33.2 Å². The van der Waals surface area contributed by atoms with Crippen LogP contribution in [-0.4, -0.2) is 10.9 Å². The van der Waals surface area contributed by atoms with Crippen LogP contribution in [0.4, 0.5) is 0 Å². The number of hydrogen-bond donors (Lipinski definition) is 1. The number of rotatable bonds is 4. The summed E-state index contributed by atoms with van der Waals surface area (Å²) in [6.45, 7) is 0.450. The Morgan fingerprint density at radius 2 is 2.05 bits per heavy atom. The maximum absolute atomic E-state index is 12.2. The van der Waals surface area contributed by atoms with Crippen LogP contribution in [0, 0.1) is 0 Å². The van der Waals surface area contributed by atoms with Gasteiger partial charge in [0.05, 0.1) is 5.56 Å². The van der Waals surface area contributed by atoms with Crippen LogP contribution in [0.15, 0.2) is 64.0 Å². The fourth-order valence-electron chi connectivity index (χ4n) is 2.09. The van der Waals surface area contributed by atoms with Crippen LogP contribution < -0.4 is 5.32 Å². The largest absolute Gasteiger partial charge is 0.348 e. The maximum atomic E-state index is 12.2. The first-order valence-electron chi connectivity index (χ1n) is 6.73. The number of carbonyl (C=O) groups is 1. The maximum Gasteiger partial charge on any atom is 0.252 e. The van der Waals surface area contributed by atoms with Crippen molar-refractivity contribution in [1.82, 2.24) is 10.3 Å². The van der Waals surface area contributed by atoms with E-state index in [4.69, 9.17) is 0 Å². The Labute approximate surface area is 141 Å². The topological polar surface area (TPSA) is 42.0 Å². The normalized spacial score (nSPS) is 10.4. The number of nitrogens with zero attached hydrogens (tertiary/aromatic N) is 1. The number of thiophene rings is 1. The molecule has 0 aliphatic rings. The van der Waals surface area contributed by atoms with E-state index in [0.717, 1.165) is 21.2 Å². The standard InChI is InChI=1S/C17H13BrN2OS/c18-16-4-2-1-3-15(16)17(21)20-9-12-7-14(10-19-8-12)13-5-6-22-11-13/h1-8,10-11H,9H2,(H,20,21). The second kappa shape index (κ2) is 6.85. The molecule has 0 unspecified atom stereocenters. The van der Waals surface area contributed by atoms with Crippen molar-refractivity contribution in [3.63, 3.8) is 0 Å². The first-order chi connectivity index (χ1) is 10.7. The Kier molecular flexibility index (Phi) is 4.65. The third-order valence-corrected chi connectivity index (χ3v) is 4.60. The van der Waals surface area contributed by atoms with Crippen LogP contribution in [0.2, 0.25) is 0 Å². The summed E-state index contributed by atoms with van der Waals surface area (Å²) in [4.78, 5) is 16.4. The number of pyridine rings is 1. The highest BCUT2D eigenvalue weighted by atomic mass is 79.9. The van der Waals surface area contributed by atoms with Gasteiger partial charge in [-0.2, -0.15) is 11.3 Å². The van der Waals surface area contributed by atoms with Crippen molar-refractivity contribution < 1.29 is 4.79 Å². The zero-order valence-electron chi connectivity index (χ0n) is 11.6. The van der Waals surface area contributed by atoms with Gasteiger partial charge in [0.25, 0.3) is 5.91 Å². The molecule has 1 aromatic carbocycles. The van der Waals surface area contributed by atoms with E-state index in [-0.39, 0.29) is 5.91 Å². The lowest BCUT2D eigenvalue weighted by Crippen LogP contribution is -2.23. The predicted octanol–water partition coefficient (Wildman–Crippen LogP) is 4.50. The van der Waals surface area contributed by atoms with E-state index in [1.807, 2.05) is 29.8 Å². The van der Waals surface area contributed by atoms with Crippen LogP contribution in [0.25, 0.3) is 11.1 Å². The summed E-state index contributed by atoms with van der Waals surface area (Å²) in [5, 5.41) is 7.04. The van der Waals surface area contributed by atoms with Crippen molar-refractivity contribution in [2.45, 2.75) is 6.54 Å². The molecule has 0 radical (unpaired) electrons. The van der Waals surface area contributed by atoms with Gasteiger partial charge in [0, 0.05) is 29.0 Å². The van der Waals surface area contributed by atoms with Gasteiger partial charge in [-0.25, -0.2) is 0 Å². The Morgan fingerprint density at radius 3 is 2.82 bits per heavy atom. The average molecular weight is 373 g/mol. The van der Waals surface area contributed by atoms with Gasteiger partial charge in [0.15, 0.2) is 0 Å². The van der Waals surface area contributed by atoms with Gasteiger partial charge in [0.1, 0.15) is 0 Å². The zero-order chi connectivity index (χ0) is 15.4. The summed E-state index contributed by atoms with van der Waals surface area (Å²) < 4.78 is 0.789. The van der Waals surface area contributed by atoms with Crippen LogP contribution in [0.5, 0.6) is 0 Å². The fraction of sp³-hybridized carbons (Fsp3) is 0.0588. The SMILES string of the molecule is O=C(NCc1cncc(-c2ccsc2)c1)c1ccccc1Br. The van der Waals surface area contributed by atoms with Gasteiger partial charge in [-0.05, 0) is 62.1 Å². The molecule has 0 aliphatic heterocycles. The number of aromatic nitrogens is 1. The Morgan fingerprint density at radius 1 is 1.18 bits per heavy atom. The lowest BCUT2D eigenvalue weighted by Gasteiger charge is -2.07. The number of benzene rings is 1. The smallest absolute Gasteiger partial charge is 0.252 e. The van der Waals surface area contributed by atoms with Crippen molar-refractivity contribution in [2.75, 3.05) is 0 Å². The predicted molar refractivity (Wildman–Crippen MR) is 92.9 cm³/mol. The van der Waals surface area contributed by atoms with E-state index in [2.05, 4.69) is 43.7 Å². The summed E-state index contributed by atoms with van der Waals surface area (Å²) in [7, 11) is 0. The lowest BCUT2D eigenvalue weighted by molar-refractivity contribution is 0.0950. The molecule has 0 atom stereocenters. The van der Waals surface area contributed by atoms with E-state index >= 15 is 0 Å². The number of halogens is 1. The molecule has 3 nitrogen and oxygen atoms in total. The number of hydrogen-bond acceptors (Lipinski definition) is 3. The fourth-order valence-corrected chi connectivity index (χ4v) is 3.22. The summed E-state index contributed by atoms with van der Waals surface area (Å²) in [5.41, 5.74) is 3.82. The average Bonchev–Trinajstić information content (AvgIpc) is 3.08. The van der Waals surface area contributed by atoms with Crippen LogP contribution >= 0.6 is 27.3 Å². The molecule has 1 N–H and O–H groups in total. The molecule has 0 spiro atoms. The second-order valence-electron chi connectivity index (χ2n) is 4.76. The molecular formula is C17H13BrN2OS. The Hall–Kier alpha value is -1.98. The van der Waals surface area contributed by atoms with E-state index < -0.39 is 0 Å². The highest BCUT2D eigenvalue weighted by molar-refractivity contribution is 9.10. The highest BCUT2D eigenvalue weighted by Crippen LogP contribution is 2.22. The monoisotopic (exact) mass is 372 g/mol. The van der Waals surface area contributed by atoms with Gasteiger partial charge in [-0.3, -0.25) is 9.78 Å². The minimum Gasteiger partial charge on any atom is -0.348 e. The molecule has 0 bridgehead atoms. The third-order valence-electron chi connectivity index (χ3n) is 3.22. The van der Waals surface area contributed by atoms with E-state index in [1.54, 1.807) is 23.6 Å². The quantitative estimate of drug-likeness (QED) is 0.732. The highest BCUT2D eigenvalue weighted by Gasteiger charge is 2.09. The van der Waals surface area contributed by atoms with Crippen molar-refractivity contribution in [3.05, 3.63) is 75.2 Å². The van der Waals surface area contributed by atoms with E-state index in [9.17, 15) is 4.79 Å². The first-order valence-corrected chi connectivity index (χ1v) is 8.47. The molecule has 0 fully saturated rings. The van der Waals surface area contributed by atoms with Gasteiger partial charge >= 0.3 is 0 Å². The zero-order valence-corrected chi connectivity index (χ0v) is 14.0. The van der Waals surface area contributed by atoms with E-state index in [0.29, 0.717) is 12.1 Å². The molecule has 22 heavy (non-hydrogen) atoms. The van der Waals surface area contributed by atoms with Crippen LogP contribution in [0.3, 0.4) is 0 Å². The molecule has 0 saturated heterocycles. The number of carbonyl (C=O) groups excluding carboxylic acids is 1. The summed E-state index contributed by atoms with van der Waals surface area (Å²) in [5.74, 6) is -0.103. The van der Waals surface area contributed by atoms with E-state index in [1.165, 1.54) is 0 Å². The molecule has 2 aromatic heterocycles. The summed E-state index contributed by atoms with van der Waals surface area (Å²) in [6.07, 6.45) is 3.61. The first kappa shape index (κ1) is 14.9. The summed E-state index contributed by atoms with van der Waals surface area (Å²) >= 11 is 5.04. The Balaban J connectivity index is 1.71. The molecular weight excluding hydrogens is 360 g/mol. The summed E-state index contributed by atoms with van der Waals surface area (Å²) in [6, 6.07) is 11.5. The van der Waals surface area contributed by atoms with Crippen molar-refractivity contribution in [3.8, 4) is 11.1 Å². The molecule has 3 rings (SSSR count). The van der Waals surface area contributed by atoms with Gasteiger partial charge in [-0.1, -0.05) is 12.1 Å². The minimum atomic E-state index is -0.103. The van der Waals surface area contributed by atoms with Crippen molar-refractivity contribution in [1.29, 1.82) is 0 Å². The molecule has 0 aliphatic carbocycles. The lowest BCUT2D eigenvalue weighted by atomic mass is 10.1. The van der Waals surface area contributed by atoms with Gasteiger partial charge in [-0.15, -0.1) is 0 Å². The van der Waals surface area contributed by atoms with Gasteiger partial charge < -0.3 is 5.32 Å². The van der Waals surface area contributed by atoms with Gasteiger partial charge in [0.2, 0.25) is 0 Å². The molecule has 3 aromatic rings. The molecule has 110 valence electrons. The minimum absolute atomic E-state index is 0.103. The Bertz CT molecular complexity index is 787. The van der Waals surface area contributed by atoms with Crippen molar-refractivity contribution in [2.24, 2.45) is 0 Å². The third kappa shape index (κ3) is 3.43. The molecule has 2 heterocycles.